The lowest BCUT2D eigenvalue weighted by atomic mass is 10.0. The molecule has 2 bridgehead atoms. The average Bonchev–Trinajstić information content (AvgIpc) is 2.93. The SMILES string of the molecule is Nc1ccc(Cl)cc1S(=O)C1CC2CCC1C2. The molecule has 2 aliphatic carbocycles. The average molecular weight is 270 g/mol. The predicted molar refractivity (Wildman–Crippen MR) is 71.5 cm³/mol. The van der Waals surface area contributed by atoms with Gasteiger partial charge in [-0.3, -0.25) is 4.21 Å². The van der Waals surface area contributed by atoms with E-state index in [1.54, 1.807) is 18.2 Å². The summed E-state index contributed by atoms with van der Waals surface area (Å²) in [6.45, 7) is 0. The Balaban J connectivity index is 1.89. The zero-order chi connectivity index (χ0) is 12.0. The smallest absolute Gasteiger partial charge is 0.0635 e. The van der Waals surface area contributed by atoms with Gasteiger partial charge in [-0.2, -0.15) is 0 Å². The highest BCUT2D eigenvalue weighted by molar-refractivity contribution is 7.85. The van der Waals surface area contributed by atoms with Crippen LogP contribution in [0, 0.1) is 11.8 Å². The molecule has 0 saturated heterocycles. The van der Waals surface area contributed by atoms with Crippen LogP contribution in [0.15, 0.2) is 23.1 Å². The largest absolute Gasteiger partial charge is 0.398 e. The topological polar surface area (TPSA) is 43.1 Å². The Morgan fingerprint density at radius 1 is 1.29 bits per heavy atom. The first-order chi connectivity index (χ1) is 8.15. The van der Waals surface area contributed by atoms with Crippen molar-refractivity contribution in [1.82, 2.24) is 0 Å². The van der Waals surface area contributed by atoms with Crippen LogP contribution in [-0.4, -0.2) is 9.46 Å². The maximum absolute atomic E-state index is 12.6. The molecule has 0 amide bonds. The number of rotatable bonds is 2. The zero-order valence-corrected chi connectivity index (χ0v) is 11.1. The lowest BCUT2D eigenvalue weighted by molar-refractivity contribution is 0.482. The minimum Gasteiger partial charge on any atom is -0.398 e. The highest BCUT2D eigenvalue weighted by atomic mass is 35.5. The lowest BCUT2D eigenvalue weighted by Crippen LogP contribution is -2.23. The maximum atomic E-state index is 12.6. The number of nitrogen functional groups attached to an aromatic ring is 1. The van der Waals surface area contributed by atoms with E-state index in [2.05, 4.69) is 0 Å². The molecule has 4 heteroatoms. The van der Waals surface area contributed by atoms with Gasteiger partial charge in [0, 0.05) is 16.0 Å². The van der Waals surface area contributed by atoms with Gasteiger partial charge in [0.25, 0.3) is 0 Å². The summed E-state index contributed by atoms with van der Waals surface area (Å²) in [6, 6.07) is 5.26. The van der Waals surface area contributed by atoms with Gasteiger partial charge in [0.1, 0.15) is 0 Å². The Morgan fingerprint density at radius 3 is 2.76 bits per heavy atom. The third-order valence-corrected chi connectivity index (χ3v) is 6.29. The van der Waals surface area contributed by atoms with E-state index >= 15 is 0 Å². The summed E-state index contributed by atoms with van der Waals surface area (Å²) in [4.78, 5) is 0.732. The molecule has 0 aromatic heterocycles. The van der Waals surface area contributed by atoms with Crippen LogP contribution >= 0.6 is 11.6 Å². The summed E-state index contributed by atoms with van der Waals surface area (Å²) in [6.07, 6.45) is 4.92. The molecule has 17 heavy (non-hydrogen) atoms. The van der Waals surface area contributed by atoms with Gasteiger partial charge in [0.2, 0.25) is 0 Å². The molecule has 0 radical (unpaired) electrons. The summed E-state index contributed by atoms with van der Waals surface area (Å²) in [7, 11) is -0.990. The van der Waals surface area contributed by atoms with Gasteiger partial charge in [0.15, 0.2) is 0 Å². The van der Waals surface area contributed by atoms with E-state index < -0.39 is 10.8 Å². The first-order valence-corrected chi connectivity index (χ1v) is 7.70. The van der Waals surface area contributed by atoms with Crippen molar-refractivity contribution < 1.29 is 4.21 Å². The highest BCUT2D eigenvalue weighted by Crippen LogP contribution is 2.48. The molecule has 2 aliphatic rings. The molecule has 2 N–H and O–H groups in total. The van der Waals surface area contributed by atoms with Crippen LogP contribution in [0.3, 0.4) is 0 Å². The van der Waals surface area contributed by atoms with Gasteiger partial charge >= 0.3 is 0 Å². The molecule has 0 aliphatic heterocycles. The highest BCUT2D eigenvalue weighted by Gasteiger charge is 2.43. The van der Waals surface area contributed by atoms with Crippen molar-refractivity contribution in [2.45, 2.75) is 35.8 Å². The fourth-order valence-electron chi connectivity index (χ4n) is 3.29. The third-order valence-electron chi connectivity index (χ3n) is 4.14. The molecule has 2 saturated carbocycles. The quantitative estimate of drug-likeness (QED) is 0.838. The summed E-state index contributed by atoms with van der Waals surface area (Å²) in [5.41, 5.74) is 6.51. The van der Waals surface area contributed by atoms with Crippen molar-refractivity contribution >= 4 is 28.1 Å². The van der Waals surface area contributed by atoms with Crippen LogP contribution in [0.5, 0.6) is 0 Å². The monoisotopic (exact) mass is 269 g/mol. The normalized spacial score (nSPS) is 32.9. The van der Waals surface area contributed by atoms with E-state index in [1.165, 1.54) is 19.3 Å². The Hall–Kier alpha value is -0.540. The molecule has 2 fully saturated rings. The zero-order valence-electron chi connectivity index (χ0n) is 9.56. The molecule has 1 aromatic carbocycles. The maximum Gasteiger partial charge on any atom is 0.0635 e. The van der Waals surface area contributed by atoms with Crippen LogP contribution in [0.2, 0.25) is 5.02 Å². The molecule has 0 spiro atoms. The van der Waals surface area contributed by atoms with E-state index in [-0.39, 0.29) is 0 Å². The summed E-state index contributed by atoms with van der Waals surface area (Å²) in [5, 5.41) is 0.917. The predicted octanol–water partition coefficient (Wildman–Crippen LogP) is 3.22. The van der Waals surface area contributed by atoms with E-state index in [0.717, 1.165) is 17.2 Å². The third kappa shape index (κ3) is 2.00. The first-order valence-electron chi connectivity index (χ1n) is 6.11. The Morgan fingerprint density at radius 2 is 2.12 bits per heavy atom. The van der Waals surface area contributed by atoms with Gasteiger partial charge < -0.3 is 5.73 Å². The summed E-state index contributed by atoms with van der Waals surface area (Å²) >= 11 is 5.96. The fraction of sp³-hybridized carbons (Fsp3) is 0.538. The molecule has 0 heterocycles. The van der Waals surface area contributed by atoms with Gasteiger partial charge in [-0.25, -0.2) is 0 Å². The van der Waals surface area contributed by atoms with Gasteiger partial charge in [0.05, 0.1) is 15.7 Å². The Labute approximate surface area is 109 Å². The second kappa shape index (κ2) is 4.29. The first kappa shape index (κ1) is 11.5. The summed E-state index contributed by atoms with van der Waals surface area (Å²) < 4.78 is 12.6. The van der Waals surface area contributed by atoms with Crippen molar-refractivity contribution in [2.24, 2.45) is 11.8 Å². The lowest BCUT2D eigenvalue weighted by Gasteiger charge is -2.21. The van der Waals surface area contributed by atoms with Crippen LogP contribution in [0.4, 0.5) is 5.69 Å². The molecule has 4 unspecified atom stereocenters. The van der Waals surface area contributed by atoms with Crippen molar-refractivity contribution in [3.63, 3.8) is 0 Å². The Kier molecular flexibility index (Phi) is 2.91. The van der Waals surface area contributed by atoms with Crippen molar-refractivity contribution in [2.75, 3.05) is 5.73 Å². The van der Waals surface area contributed by atoms with Gasteiger partial charge in [-0.05, 0) is 49.3 Å². The fourth-order valence-corrected chi connectivity index (χ4v) is 5.44. The van der Waals surface area contributed by atoms with E-state index in [0.29, 0.717) is 21.9 Å². The number of hydrogen-bond donors (Lipinski definition) is 1. The van der Waals surface area contributed by atoms with Crippen LogP contribution < -0.4 is 5.73 Å². The standard InChI is InChI=1S/C13H16ClNOS/c14-10-3-4-11(15)13(7-10)17(16)12-6-8-1-2-9(12)5-8/h3-4,7-9,12H,1-2,5-6,15H2. The number of fused-ring (bicyclic) bond motifs is 2. The van der Waals surface area contributed by atoms with Crippen LogP contribution in [0.25, 0.3) is 0 Å². The number of hydrogen-bond acceptors (Lipinski definition) is 2. The Bertz CT molecular complexity index is 476. The van der Waals surface area contributed by atoms with Crippen LogP contribution in [-0.2, 0) is 10.8 Å². The van der Waals surface area contributed by atoms with E-state index in [1.807, 2.05) is 0 Å². The molecule has 92 valence electrons. The number of nitrogens with two attached hydrogens (primary N) is 1. The number of halogens is 1. The van der Waals surface area contributed by atoms with Crippen LogP contribution in [0.1, 0.15) is 25.7 Å². The molecule has 1 aromatic rings. The van der Waals surface area contributed by atoms with E-state index in [9.17, 15) is 4.21 Å². The minimum atomic E-state index is -0.990. The number of benzene rings is 1. The van der Waals surface area contributed by atoms with Crippen molar-refractivity contribution in [1.29, 1.82) is 0 Å². The molecule has 4 atom stereocenters. The second-order valence-electron chi connectivity index (χ2n) is 5.19. The molecular formula is C13H16ClNOS. The van der Waals surface area contributed by atoms with Gasteiger partial charge in [-0.15, -0.1) is 0 Å². The van der Waals surface area contributed by atoms with Crippen molar-refractivity contribution in [3.8, 4) is 0 Å². The minimum absolute atomic E-state index is 0.300. The molecule has 2 nitrogen and oxygen atoms in total. The molecule has 3 rings (SSSR count). The number of anilines is 1. The summed E-state index contributed by atoms with van der Waals surface area (Å²) in [5.74, 6) is 1.44. The van der Waals surface area contributed by atoms with E-state index in [4.69, 9.17) is 17.3 Å². The van der Waals surface area contributed by atoms with Crippen molar-refractivity contribution in [3.05, 3.63) is 23.2 Å². The molecular weight excluding hydrogens is 254 g/mol. The van der Waals surface area contributed by atoms with Gasteiger partial charge in [-0.1, -0.05) is 18.0 Å². The second-order valence-corrected chi connectivity index (χ2v) is 7.27.